The van der Waals surface area contributed by atoms with Gasteiger partial charge in [-0.1, -0.05) is 0 Å². The van der Waals surface area contributed by atoms with E-state index in [1.165, 1.54) is 4.68 Å². The average molecular weight is 287 g/mol. The molecule has 0 spiro atoms. The molecule has 10 nitrogen and oxygen atoms in total. The second-order valence-corrected chi connectivity index (χ2v) is 3.97. The monoisotopic (exact) mass is 287 g/mol. The van der Waals surface area contributed by atoms with Gasteiger partial charge in [0.15, 0.2) is 5.75 Å². The average Bonchev–Trinajstić information content (AvgIpc) is 3.18. The predicted molar refractivity (Wildman–Crippen MR) is 72.7 cm³/mol. The van der Waals surface area contributed by atoms with Crippen molar-refractivity contribution in [3.63, 3.8) is 0 Å². The highest BCUT2D eigenvalue weighted by atomic mass is 16.5. The smallest absolute Gasteiger partial charge is 0.328 e. The summed E-state index contributed by atoms with van der Waals surface area (Å²) < 4.78 is 8.77. The van der Waals surface area contributed by atoms with E-state index in [9.17, 15) is 0 Å². The number of anilines is 1. The first-order valence-electron chi connectivity index (χ1n) is 6.21. The summed E-state index contributed by atoms with van der Waals surface area (Å²) in [5, 5.41) is 8.16. The van der Waals surface area contributed by atoms with Crippen LogP contribution in [0.15, 0.2) is 30.9 Å². The minimum atomic E-state index is 0.0964. The summed E-state index contributed by atoms with van der Waals surface area (Å²) >= 11 is 0. The van der Waals surface area contributed by atoms with Crippen LogP contribution in [-0.4, -0.2) is 34.5 Å². The molecule has 108 valence electrons. The van der Waals surface area contributed by atoms with Crippen LogP contribution in [0.4, 0.5) is 5.95 Å². The lowest BCUT2D eigenvalue weighted by Crippen LogP contribution is -2.14. The van der Waals surface area contributed by atoms with Crippen LogP contribution in [0.5, 0.6) is 11.8 Å². The molecule has 0 amide bonds. The van der Waals surface area contributed by atoms with Gasteiger partial charge in [-0.2, -0.15) is 25.1 Å². The van der Waals surface area contributed by atoms with Gasteiger partial charge in [-0.25, -0.2) is 10.5 Å². The van der Waals surface area contributed by atoms with Crippen LogP contribution in [0.1, 0.15) is 6.92 Å². The van der Waals surface area contributed by atoms with Gasteiger partial charge in [0, 0.05) is 18.9 Å². The van der Waals surface area contributed by atoms with Gasteiger partial charge < -0.3 is 4.74 Å². The molecule has 0 saturated heterocycles. The van der Waals surface area contributed by atoms with Gasteiger partial charge in [0.05, 0.1) is 12.4 Å². The maximum Gasteiger partial charge on any atom is 0.328 e. The molecule has 0 aliphatic carbocycles. The second kappa shape index (κ2) is 5.54. The summed E-state index contributed by atoms with van der Waals surface area (Å²) in [6.45, 7) is 2.72. The lowest BCUT2D eigenvalue weighted by Gasteiger charge is -2.06. The quantitative estimate of drug-likeness (QED) is 0.509. The maximum atomic E-state index is 5.56. The van der Waals surface area contributed by atoms with Crippen LogP contribution in [0.25, 0.3) is 5.95 Å². The number of aromatic nitrogens is 7. The molecule has 3 N–H and O–H groups in total. The van der Waals surface area contributed by atoms with Crippen LogP contribution < -0.4 is 16.0 Å². The molecule has 10 heteroatoms. The highest BCUT2D eigenvalue weighted by Gasteiger charge is 2.10. The molecule has 0 atom stereocenters. The number of hydrogen-bond donors (Lipinski definition) is 2. The number of hydrogen-bond acceptors (Lipinski definition) is 8. The fourth-order valence-electron chi connectivity index (χ4n) is 1.62. The number of nitrogens with two attached hydrogens (primary N) is 1. The number of nitrogens with one attached hydrogen (secondary N) is 1. The van der Waals surface area contributed by atoms with Gasteiger partial charge in [-0.3, -0.25) is 10.1 Å². The maximum absolute atomic E-state index is 5.56. The van der Waals surface area contributed by atoms with Crippen LogP contribution in [0, 0.1) is 0 Å². The fourth-order valence-corrected chi connectivity index (χ4v) is 1.62. The Balaban J connectivity index is 1.92. The number of nitrogen functional groups attached to an aromatic ring is 1. The summed E-state index contributed by atoms with van der Waals surface area (Å²) in [5.74, 6) is 6.35. The Labute approximate surface area is 119 Å². The van der Waals surface area contributed by atoms with Gasteiger partial charge in [0.2, 0.25) is 5.95 Å². The van der Waals surface area contributed by atoms with Crippen molar-refractivity contribution in [1.29, 1.82) is 0 Å². The van der Waals surface area contributed by atoms with E-state index in [-0.39, 0.29) is 12.0 Å². The summed E-state index contributed by atoms with van der Waals surface area (Å²) in [5.41, 5.74) is 2.37. The molecule has 0 aliphatic rings. The van der Waals surface area contributed by atoms with Gasteiger partial charge >= 0.3 is 6.01 Å². The zero-order valence-electron chi connectivity index (χ0n) is 11.2. The molecule has 0 unspecified atom stereocenters. The number of nitrogens with zero attached hydrogens (tertiary/aromatic N) is 7. The second-order valence-electron chi connectivity index (χ2n) is 3.97. The fraction of sp³-hybridized carbons (Fsp3) is 0.182. The molecule has 3 rings (SSSR count). The first kappa shape index (κ1) is 13.0. The van der Waals surface area contributed by atoms with E-state index in [0.717, 1.165) is 6.54 Å². The summed E-state index contributed by atoms with van der Waals surface area (Å²) in [7, 11) is 0. The van der Waals surface area contributed by atoms with Crippen LogP contribution >= 0.6 is 0 Å². The van der Waals surface area contributed by atoms with Crippen LogP contribution in [0.3, 0.4) is 0 Å². The Kier molecular flexibility index (Phi) is 3.43. The third-order valence-electron chi connectivity index (χ3n) is 2.58. The topological polar surface area (TPSA) is 122 Å². The number of ether oxygens (including phenoxy) is 1. The van der Waals surface area contributed by atoms with Crippen molar-refractivity contribution in [1.82, 2.24) is 34.5 Å². The van der Waals surface area contributed by atoms with Crippen molar-refractivity contribution in [3.05, 3.63) is 30.9 Å². The van der Waals surface area contributed by atoms with E-state index in [1.807, 2.05) is 6.92 Å². The summed E-state index contributed by atoms with van der Waals surface area (Å²) in [6.07, 6.45) is 6.64. The molecule has 0 saturated carbocycles. The molecular formula is C11H13N9O. The van der Waals surface area contributed by atoms with E-state index in [4.69, 9.17) is 10.6 Å². The lowest BCUT2D eigenvalue weighted by atomic mass is 10.6. The van der Waals surface area contributed by atoms with Crippen molar-refractivity contribution in [2.45, 2.75) is 13.5 Å². The van der Waals surface area contributed by atoms with Crippen molar-refractivity contribution in [3.8, 4) is 17.7 Å². The normalized spacial score (nSPS) is 10.6. The predicted octanol–water partition coefficient (Wildman–Crippen LogP) is 0.352. The molecular weight excluding hydrogens is 274 g/mol. The molecule has 0 aliphatic heterocycles. The number of rotatable bonds is 5. The minimum Gasteiger partial charge on any atom is -0.421 e. The molecule has 3 aromatic rings. The zero-order chi connectivity index (χ0) is 14.7. The third kappa shape index (κ3) is 2.79. The van der Waals surface area contributed by atoms with Crippen LogP contribution in [0.2, 0.25) is 0 Å². The Morgan fingerprint density at radius 3 is 2.86 bits per heavy atom. The summed E-state index contributed by atoms with van der Waals surface area (Å²) in [4.78, 5) is 12.3. The first-order chi connectivity index (χ1) is 10.3. The molecule has 0 fully saturated rings. The van der Waals surface area contributed by atoms with E-state index < -0.39 is 0 Å². The molecule has 0 radical (unpaired) electrons. The van der Waals surface area contributed by atoms with Crippen molar-refractivity contribution in [2.75, 3.05) is 5.43 Å². The zero-order valence-corrected chi connectivity index (χ0v) is 11.2. The molecule has 21 heavy (non-hydrogen) atoms. The minimum absolute atomic E-state index is 0.0964. The molecule has 0 bridgehead atoms. The summed E-state index contributed by atoms with van der Waals surface area (Å²) in [6, 6.07) is 1.85. The highest BCUT2D eigenvalue weighted by molar-refractivity contribution is 5.30. The molecule has 3 aromatic heterocycles. The van der Waals surface area contributed by atoms with Gasteiger partial charge in [0.1, 0.15) is 0 Å². The SMILES string of the molecule is CCn1cc(Oc2nc(NN)nc(-n3cccn3)n2)cn1. The van der Waals surface area contributed by atoms with E-state index >= 15 is 0 Å². The van der Waals surface area contributed by atoms with Gasteiger partial charge in [-0.05, 0) is 13.0 Å². The largest absolute Gasteiger partial charge is 0.421 e. The molecule has 0 aromatic carbocycles. The van der Waals surface area contributed by atoms with E-state index in [1.54, 1.807) is 35.5 Å². The van der Waals surface area contributed by atoms with Crippen molar-refractivity contribution >= 4 is 5.95 Å². The standard InChI is InChI=1S/C11H13N9O/c1-2-19-7-8(6-14-19)21-11-16-9(18-12)15-10(17-11)20-5-3-4-13-20/h3-7H,2,12H2,1H3,(H,15,16,17,18). The van der Waals surface area contributed by atoms with Crippen molar-refractivity contribution in [2.24, 2.45) is 5.84 Å². The van der Waals surface area contributed by atoms with Crippen molar-refractivity contribution < 1.29 is 4.74 Å². The lowest BCUT2D eigenvalue weighted by molar-refractivity contribution is 0.437. The Hall–Kier alpha value is -3.01. The number of hydrazine groups is 1. The number of aryl methyl sites for hydroxylation is 1. The van der Waals surface area contributed by atoms with Crippen LogP contribution in [-0.2, 0) is 6.54 Å². The Morgan fingerprint density at radius 1 is 1.29 bits per heavy atom. The van der Waals surface area contributed by atoms with Gasteiger partial charge in [-0.15, -0.1) is 0 Å². The molecule has 3 heterocycles. The Morgan fingerprint density at radius 2 is 2.19 bits per heavy atom. The van der Waals surface area contributed by atoms with E-state index in [2.05, 4.69) is 30.6 Å². The first-order valence-corrected chi connectivity index (χ1v) is 6.21. The van der Waals surface area contributed by atoms with E-state index in [0.29, 0.717) is 11.7 Å². The van der Waals surface area contributed by atoms with Gasteiger partial charge in [0.25, 0.3) is 5.95 Å². The highest BCUT2D eigenvalue weighted by Crippen LogP contribution is 2.18. The Bertz CT molecular complexity index is 721. The third-order valence-corrected chi connectivity index (χ3v) is 2.58.